The molecule has 4 rings (SSSR count). The molecule has 11 nitrogen and oxygen atoms in total. The summed E-state index contributed by atoms with van der Waals surface area (Å²) in [7, 11) is 6.09. The van der Waals surface area contributed by atoms with E-state index in [0.29, 0.717) is 48.5 Å². The number of anilines is 1. The Morgan fingerprint density at radius 2 is 1.76 bits per heavy atom. The monoisotopic (exact) mass is 489 g/mol. The lowest BCUT2D eigenvalue weighted by molar-refractivity contribution is 0.0391. The number of fused-ring (bicyclic) bond motifs is 1. The topological polar surface area (TPSA) is 108 Å². The zero-order chi connectivity index (χ0) is 24.1. The summed E-state index contributed by atoms with van der Waals surface area (Å²) in [4.78, 5) is 30.7. The van der Waals surface area contributed by atoms with Gasteiger partial charge in [-0.1, -0.05) is 11.3 Å². The molecule has 182 valence electrons. The Hall–Kier alpha value is -3.22. The maximum atomic E-state index is 13.7. The van der Waals surface area contributed by atoms with Gasteiger partial charge in [0.2, 0.25) is 5.88 Å². The first kappa shape index (κ1) is 23.9. The second kappa shape index (κ2) is 10.8. The van der Waals surface area contributed by atoms with Crippen LogP contribution in [0.4, 0.5) is 5.13 Å². The number of hydrogen-bond acceptors (Lipinski definition) is 11. The van der Waals surface area contributed by atoms with Gasteiger partial charge in [-0.25, -0.2) is 4.98 Å². The summed E-state index contributed by atoms with van der Waals surface area (Å²) < 4.78 is 27.6. The Morgan fingerprint density at radius 3 is 2.44 bits per heavy atom. The van der Waals surface area contributed by atoms with Gasteiger partial charge in [-0.2, -0.15) is 9.97 Å². The first-order valence-corrected chi connectivity index (χ1v) is 11.5. The molecule has 34 heavy (non-hydrogen) atoms. The fraction of sp³-hybridized carbons (Fsp3) is 0.455. The number of rotatable bonds is 9. The van der Waals surface area contributed by atoms with E-state index in [-0.39, 0.29) is 23.5 Å². The Kier molecular flexibility index (Phi) is 7.60. The lowest BCUT2D eigenvalue weighted by Gasteiger charge is -2.29. The molecule has 0 radical (unpaired) electrons. The Balaban J connectivity index is 1.74. The van der Waals surface area contributed by atoms with Crippen LogP contribution in [0.1, 0.15) is 10.5 Å². The predicted molar refractivity (Wildman–Crippen MR) is 127 cm³/mol. The van der Waals surface area contributed by atoms with Crippen molar-refractivity contribution in [3.63, 3.8) is 0 Å². The highest BCUT2D eigenvalue weighted by Gasteiger charge is 2.26. The number of methoxy groups -OCH3 is 4. The van der Waals surface area contributed by atoms with Gasteiger partial charge in [0.1, 0.15) is 27.4 Å². The van der Waals surface area contributed by atoms with Crippen molar-refractivity contribution in [2.45, 2.75) is 0 Å². The molecule has 1 aromatic carbocycles. The SMILES string of the molecule is COc1cc(C(=O)N(CCN2CCOCC2)c2nc3c(OC)ccc(OC)c3s2)nc(OC)n1. The molecule has 2 aromatic heterocycles. The van der Waals surface area contributed by atoms with Crippen LogP contribution in [-0.4, -0.2) is 93.6 Å². The summed E-state index contributed by atoms with van der Waals surface area (Å²) in [5.74, 6) is 1.15. The zero-order valence-electron chi connectivity index (χ0n) is 19.6. The number of hydrogen-bond donors (Lipinski definition) is 0. The number of thiazole rings is 1. The number of benzene rings is 1. The summed E-state index contributed by atoms with van der Waals surface area (Å²) in [5.41, 5.74) is 0.771. The standard InChI is InChI=1S/C22H27N5O6S/c1-29-15-5-6-16(30-2)19-18(15)25-22(34-19)27(8-7-26-9-11-33-12-10-26)20(28)14-13-17(31-3)24-21(23-14)32-4/h5-6,13H,7-12H2,1-4H3. The number of carbonyl (C=O) groups is 1. The van der Waals surface area contributed by atoms with E-state index in [9.17, 15) is 4.79 Å². The molecule has 1 saturated heterocycles. The summed E-state index contributed by atoms with van der Waals surface area (Å²) >= 11 is 1.36. The quantitative estimate of drug-likeness (QED) is 0.443. The van der Waals surface area contributed by atoms with Crippen molar-refractivity contribution in [1.82, 2.24) is 19.9 Å². The van der Waals surface area contributed by atoms with Gasteiger partial charge in [-0.15, -0.1) is 0 Å². The minimum Gasteiger partial charge on any atom is -0.495 e. The minimum atomic E-state index is -0.343. The molecule has 3 heterocycles. The summed E-state index contributed by atoms with van der Waals surface area (Å²) in [6, 6.07) is 5.15. The van der Waals surface area contributed by atoms with Gasteiger partial charge in [0, 0.05) is 32.2 Å². The number of ether oxygens (including phenoxy) is 5. The van der Waals surface area contributed by atoms with E-state index in [1.165, 1.54) is 31.6 Å². The molecular weight excluding hydrogens is 462 g/mol. The van der Waals surface area contributed by atoms with Crippen molar-refractivity contribution in [2.75, 3.05) is 72.7 Å². The second-order valence-electron chi connectivity index (χ2n) is 7.34. The van der Waals surface area contributed by atoms with Gasteiger partial charge < -0.3 is 23.7 Å². The maximum absolute atomic E-state index is 13.7. The first-order chi connectivity index (χ1) is 16.6. The number of amides is 1. The van der Waals surface area contributed by atoms with Gasteiger partial charge in [0.25, 0.3) is 5.91 Å². The van der Waals surface area contributed by atoms with E-state index in [1.807, 2.05) is 6.07 Å². The summed E-state index contributed by atoms with van der Waals surface area (Å²) in [6.45, 7) is 4.00. The van der Waals surface area contributed by atoms with Crippen LogP contribution in [0.2, 0.25) is 0 Å². The van der Waals surface area contributed by atoms with Crippen molar-refractivity contribution in [3.05, 3.63) is 23.9 Å². The normalized spacial score (nSPS) is 14.1. The molecule has 0 aliphatic carbocycles. The maximum Gasteiger partial charge on any atom is 0.320 e. The number of aromatic nitrogens is 3. The van der Waals surface area contributed by atoms with E-state index in [0.717, 1.165) is 17.8 Å². The number of carbonyl (C=O) groups excluding carboxylic acids is 1. The molecule has 1 aliphatic rings. The van der Waals surface area contributed by atoms with Crippen LogP contribution >= 0.6 is 11.3 Å². The molecule has 3 aromatic rings. The Labute approximate surface area is 201 Å². The van der Waals surface area contributed by atoms with Crippen molar-refractivity contribution >= 4 is 32.6 Å². The van der Waals surface area contributed by atoms with Gasteiger partial charge in [-0.3, -0.25) is 14.6 Å². The largest absolute Gasteiger partial charge is 0.495 e. The summed E-state index contributed by atoms with van der Waals surface area (Å²) in [6.07, 6.45) is 0. The Bertz CT molecular complexity index is 1090. The van der Waals surface area contributed by atoms with Crippen LogP contribution in [0.5, 0.6) is 23.4 Å². The van der Waals surface area contributed by atoms with Gasteiger partial charge in [0.05, 0.1) is 41.7 Å². The minimum absolute atomic E-state index is 0.0449. The van der Waals surface area contributed by atoms with Crippen molar-refractivity contribution in [3.8, 4) is 23.4 Å². The van der Waals surface area contributed by atoms with Crippen LogP contribution in [0.3, 0.4) is 0 Å². The van der Waals surface area contributed by atoms with Crippen LogP contribution in [-0.2, 0) is 4.74 Å². The third-order valence-corrected chi connectivity index (χ3v) is 6.50. The molecule has 12 heteroatoms. The van der Waals surface area contributed by atoms with E-state index in [2.05, 4.69) is 14.9 Å². The fourth-order valence-electron chi connectivity index (χ4n) is 3.59. The molecule has 0 atom stereocenters. The lowest BCUT2D eigenvalue weighted by atomic mass is 10.3. The van der Waals surface area contributed by atoms with Crippen molar-refractivity contribution in [1.29, 1.82) is 0 Å². The highest BCUT2D eigenvalue weighted by molar-refractivity contribution is 7.22. The molecule has 0 N–H and O–H groups in total. The number of morpholine rings is 1. The van der Waals surface area contributed by atoms with E-state index < -0.39 is 0 Å². The number of nitrogens with zero attached hydrogens (tertiary/aromatic N) is 5. The second-order valence-corrected chi connectivity index (χ2v) is 8.31. The van der Waals surface area contributed by atoms with Crippen LogP contribution in [0.25, 0.3) is 10.2 Å². The average Bonchev–Trinajstić information content (AvgIpc) is 3.33. The van der Waals surface area contributed by atoms with Crippen molar-refractivity contribution < 1.29 is 28.5 Å². The third-order valence-electron chi connectivity index (χ3n) is 5.41. The smallest absolute Gasteiger partial charge is 0.320 e. The molecule has 1 fully saturated rings. The van der Waals surface area contributed by atoms with Gasteiger partial charge >= 0.3 is 6.01 Å². The lowest BCUT2D eigenvalue weighted by Crippen LogP contribution is -2.43. The van der Waals surface area contributed by atoms with Crippen LogP contribution in [0.15, 0.2) is 18.2 Å². The van der Waals surface area contributed by atoms with Gasteiger partial charge in [-0.05, 0) is 12.1 Å². The highest BCUT2D eigenvalue weighted by Crippen LogP contribution is 2.40. The molecular formula is C22H27N5O6S. The van der Waals surface area contributed by atoms with Gasteiger partial charge in [0.15, 0.2) is 5.13 Å². The molecule has 0 saturated carbocycles. The molecule has 0 spiro atoms. The molecule has 1 amide bonds. The van der Waals surface area contributed by atoms with E-state index >= 15 is 0 Å². The van der Waals surface area contributed by atoms with E-state index in [4.69, 9.17) is 28.7 Å². The fourth-order valence-corrected chi connectivity index (χ4v) is 4.69. The molecule has 0 unspecified atom stereocenters. The Morgan fingerprint density at radius 1 is 1.03 bits per heavy atom. The van der Waals surface area contributed by atoms with Crippen LogP contribution in [0, 0.1) is 0 Å². The first-order valence-electron chi connectivity index (χ1n) is 10.7. The molecule has 0 bridgehead atoms. The van der Waals surface area contributed by atoms with Crippen molar-refractivity contribution in [2.24, 2.45) is 0 Å². The third kappa shape index (κ3) is 4.98. The van der Waals surface area contributed by atoms with E-state index in [1.54, 1.807) is 25.2 Å². The average molecular weight is 490 g/mol. The van der Waals surface area contributed by atoms with Crippen LogP contribution < -0.4 is 23.8 Å². The summed E-state index contributed by atoms with van der Waals surface area (Å²) in [5, 5.41) is 0.507. The molecule has 1 aliphatic heterocycles. The zero-order valence-corrected chi connectivity index (χ0v) is 20.4. The predicted octanol–water partition coefficient (Wildman–Crippen LogP) is 2.10. The highest BCUT2D eigenvalue weighted by atomic mass is 32.1.